The van der Waals surface area contributed by atoms with Crippen LogP contribution >= 0.6 is 11.6 Å². The van der Waals surface area contributed by atoms with E-state index in [9.17, 15) is 0 Å². The summed E-state index contributed by atoms with van der Waals surface area (Å²) in [6, 6.07) is 13.8. The molecule has 4 nitrogen and oxygen atoms in total. The van der Waals surface area contributed by atoms with E-state index in [0.717, 1.165) is 35.6 Å². The fraction of sp³-hybridized carbons (Fsp3) is 0.333. The third kappa shape index (κ3) is 4.86. The molecule has 0 saturated carbocycles. The van der Waals surface area contributed by atoms with Crippen molar-refractivity contribution >= 4 is 23.0 Å². The van der Waals surface area contributed by atoms with Gasteiger partial charge in [0.05, 0.1) is 13.2 Å². The largest absolute Gasteiger partial charge is 0.398 e. The van der Waals surface area contributed by atoms with Gasteiger partial charge < -0.3 is 20.1 Å². The molecule has 23 heavy (non-hydrogen) atoms. The monoisotopic (exact) mass is 334 g/mol. The van der Waals surface area contributed by atoms with E-state index in [1.165, 1.54) is 0 Å². The lowest BCUT2D eigenvalue weighted by atomic mass is 10.0. The van der Waals surface area contributed by atoms with Gasteiger partial charge in [-0.25, -0.2) is 0 Å². The van der Waals surface area contributed by atoms with Gasteiger partial charge in [-0.2, -0.15) is 0 Å². The van der Waals surface area contributed by atoms with Gasteiger partial charge in [-0.15, -0.1) is 0 Å². The van der Waals surface area contributed by atoms with E-state index in [-0.39, 0.29) is 0 Å². The Morgan fingerprint density at radius 3 is 2.13 bits per heavy atom. The van der Waals surface area contributed by atoms with Crippen molar-refractivity contribution in [1.82, 2.24) is 0 Å². The Kier molecular flexibility index (Phi) is 6.71. The van der Waals surface area contributed by atoms with Crippen LogP contribution in [0.25, 0.3) is 11.1 Å². The molecule has 0 heterocycles. The number of nitrogens with two attached hydrogens (primary N) is 1. The van der Waals surface area contributed by atoms with Gasteiger partial charge in [-0.05, 0) is 35.9 Å². The first kappa shape index (κ1) is 17.6. The molecule has 0 amide bonds. The Hall–Kier alpha value is -1.75. The summed E-state index contributed by atoms with van der Waals surface area (Å²) in [6.45, 7) is 2.91. The molecule has 5 heteroatoms. The molecule has 0 aromatic heterocycles. The summed E-state index contributed by atoms with van der Waals surface area (Å²) in [6.07, 6.45) is 0. The lowest BCUT2D eigenvalue weighted by molar-refractivity contribution is 0.190. The highest BCUT2D eigenvalue weighted by molar-refractivity contribution is 6.30. The van der Waals surface area contributed by atoms with Gasteiger partial charge in [0.1, 0.15) is 0 Å². The van der Waals surface area contributed by atoms with Crippen LogP contribution in [0.2, 0.25) is 5.02 Å². The van der Waals surface area contributed by atoms with Crippen LogP contribution in [0.3, 0.4) is 0 Å². The summed E-state index contributed by atoms with van der Waals surface area (Å²) in [7, 11) is 3.41. The van der Waals surface area contributed by atoms with Crippen LogP contribution in [0.4, 0.5) is 11.4 Å². The lowest BCUT2D eigenvalue weighted by Crippen LogP contribution is -2.30. The summed E-state index contributed by atoms with van der Waals surface area (Å²) < 4.78 is 10.4. The van der Waals surface area contributed by atoms with Crippen molar-refractivity contribution < 1.29 is 9.47 Å². The molecule has 2 aromatic carbocycles. The Bertz CT molecular complexity index is 609. The SMILES string of the molecule is COCCN(CCOC)c1ccc(N)c(-c2ccc(Cl)cc2)c1. The second kappa shape index (κ2) is 8.77. The van der Waals surface area contributed by atoms with Crippen molar-refractivity contribution in [3.05, 3.63) is 47.5 Å². The second-order valence-corrected chi connectivity index (χ2v) is 5.69. The molecule has 0 aliphatic heterocycles. The maximum atomic E-state index is 6.16. The van der Waals surface area contributed by atoms with Gasteiger partial charge >= 0.3 is 0 Å². The van der Waals surface area contributed by atoms with E-state index in [0.29, 0.717) is 18.2 Å². The van der Waals surface area contributed by atoms with Crippen LogP contribution in [-0.4, -0.2) is 40.5 Å². The van der Waals surface area contributed by atoms with E-state index >= 15 is 0 Å². The highest BCUT2D eigenvalue weighted by Crippen LogP contribution is 2.31. The highest BCUT2D eigenvalue weighted by Gasteiger charge is 2.10. The van der Waals surface area contributed by atoms with Crippen molar-refractivity contribution in [1.29, 1.82) is 0 Å². The number of benzene rings is 2. The zero-order valence-electron chi connectivity index (χ0n) is 13.6. The first-order valence-corrected chi connectivity index (χ1v) is 7.91. The summed E-state index contributed by atoms with van der Waals surface area (Å²) in [5, 5.41) is 0.713. The number of methoxy groups -OCH3 is 2. The number of anilines is 2. The standard InChI is InChI=1S/C18H23ClN2O2/c1-22-11-9-21(10-12-23-2)16-7-8-18(20)17(13-16)14-3-5-15(19)6-4-14/h3-8,13H,9-12,20H2,1-2H3. The minimum atomic E-state index is 0.657. The summed E-state index contributed by atoms with van der Waals surface area (Å²) in [4.78, 5) is 2.23. The second-order valence-electron chi connectivity index (χ2n) is 5.25. The molecule has 124 valence electrons. The molecular formula is C18H23ClN2O2. The summed E-state index contributed by atoms with van der Waals surface area (Å²) in [5.41, 5.74) is 10.0. The normalized spacial score (nSPS) is 10.7. The molecule has 0 aliphatic carbocycles. The first-order chi connectivity index (χ1) is 11.2. The lowest BCUT2D eigenvalue weighted by Gasteiger charge is -2.25. The molecular weight excluding hydrogens is 312 g/mol. The highest BCUT2D eigenvalue weighted by atomic mass is 35.5. The van der Waals surface area contributed by atoms with Crippen LogP contribution in [0, 0.1) is 0 Å². The number of ether oxygens (including phenoxy) is 2. The molecule has 0 radical (unpaired) electrons. The summed E-state index contributed by atoms with van der Waals surface area (Å²) >= 11 is 5.97. The maximum absolute atomic E-state index is 6.16. The van der Waals surface area contributed by atoms with Gasteiger partial charge in [-0.3, -0.25) is 0 Å². The van der Waals surface area contributed by atoms with Gasteiger partial charge in [0.15, 0.2) is 0 Å². The van der Waals surface area contributed by atoms with Gasteiger partial charge in [-0.1, -0.05) is 23.7 Å². The van der Waals surface area contributed by atoms with E-state index < -0.39 is 0 Å². The number of nitrogen functional groups attached to an aromatic ring is 1. The molecule has 0 saturated heterocycles. The quantitative estimate of drug-likeness (QED) is 0.748. The zero-order chi connectivity index (χ0) is 16.7. The fourth-order valence-corrected chi connectivity index (χ4v) is 2.52. The predicted molar refractivity (Wildman–Crippen MR) is 97.3 cm³/mol. The number of hydrogen-bond acceptors (Lipinski definition) is 4. The van der Waals surface area contributed by atoms with E-state index in [1.54, 1.807) is 14.2 Å². The molecule has 0 bridgehead atoms. The fourth-order valence-electron chi connectivity index (χ4n) is 2.39. The first-order valence-electron chi connectivity index (χ1n) is 7.54. The predicted octanol–water partition coefficient (Wildman–Crippen LogP) is 3.69. The van der Waals surface area contributed by atoms with Crippen LogP contribution in [0.15, 0.2) is 42.5 Å². The van der Waals surface area contributed by atoms with Crippen molar-refractivity contribution in [3.8, 4) is 11.1 Å². The molecule has 0 atom stereocenters. The van der Waals surface area contributed by atoms with Gasteiger partial charge in [0.25, 0.3) is 0 Å². The number of rotatable bonds is 8. The average molecular weight is 335 g/mol. The smallest absolute Gasteiger partial charge is 0.0637 e. The number of hydrogen-bond donors (Lipinski definition) is 1. The van der Waals surface area contributed by atoms with Crippen LogP contribution in [-0.2, 0) is 9.47 Å². The van der Waals surface area contributed by atoms with Crippen molar-refractivity contribution in [2.45, 2.75) is 0 Å². The Labute approximate surface area is 142 Å². The molecule has 0 aliphatic rings. The third-order valence-corrected chi connectivity index (χ3v) is 3.94. The van der Waals surface area contributed by atoms with Gasteiger partial charge in [0.2, 0.25) is 0 Å². The van der Waals surface area contributed by atoms with Crippen molar-refractivity contribution in [3.63, 3.8) is 0 Å². The van der Waals surface area contributed by atoms with Crippen LogP contribution in [0.1, 0.15) is 0 Å². The number of nitrogens with zero attached hydrogens (tertiary/aromatic N) is 1. The molecule has 2 N–H and O–H groups in total. The molecule has 0 unspecified atom stereocenters. The summed E-state index contributed by atoms with van der Waals surface area (Å²) in [5.74, 6) is 0. The average Bonchev–Trinajstić information content (AvgIpc) is 2.57. The van der Waals surface area contributed by atoms with E-state index in [1.807, 2.05) is 36.4 Å². The minimum absolute atomic E-state index is 0.657. The molecule has 2 rings (SSSR count). The number of halogens is 1. The minimum Gasteiger partial charge on any atom is -0.398 e. The topological polar surface area (TPSA) is 47.7 Å². The van der Waals surface area contributed by atoms with E-state index in [4.69, 9.17) is 26.8 Å². The third-order valence-electron chi connectivity index (χ3n) is 3.69. The molecule has 0 fully saturated rings. The van der Waals surface area contributed by atoms with Crippen molar-refractivity contribution in [2.75, 3.05) is 51.2 Å². The van der Waals surface area contributed by atoms with Crippen LogP contribution in [0.5, 0.6) is 0 Å². The van der Waals surface area contributed by atoms with Crippen LogP contribution < -0.4 is 10.6 Å². The van der Waals surface area contributed by atoms with E-state index in [2.05, 4.69) is 11.0 Å². The van der Waals surface area contributed by atoms with Gasteiger partial charge in [0, 0.05) is 49.3 Å². The Morgan fingerprint density at radius 2 is 1.57 bits per heavy atom. The maximum Gasteiger partial charge on any atom is 0.0637 e. The zero-order valence-corrected chi connectivity index (χ0v) is 14.3. The Balaban J connectivity index is 2.31. The molecule has 0 spiro atoms. The van der Waals surface area contributed by atoms with Crippen molar-refractivity contribution in [2.24, 2.45) is 0 Å². The Morgan fingerprint density at radius 1 is 0.957 bits per heavy atom. The molecule has 2 aromatic rings.